The second-order valence-corrected chi connectivity index (χ2v) is 5.88. The van der Waals surface area contributed by atoms with Crippen LogP contribution in [0.4, 0.5) is 0 Å². The maximum absolute atomic E-state index is 4.25. The van der Waals surface area contributed by atoms with Crippen molar-refractivity contribution in [3.8, 4) is 0 Å². The van der Waals surface area contributed by atoms with Crippen molar-refractivity contribution >= 4 is 11.3 Å². The molecule has 1 unspecified atom stereocenters. The molecular weight excluding hydrogens is 206 g/mol. The van der Waals surface area contributed by atoms with Gasteiger partial charge in [0, 0.05) is 5.41 Å². The van der Waals surface area contributed by atoms with Gasteiger partial charge < -0.3 is 5.32 Å². The van der Waals surface area contributed by atoms with E-state index in [4.69, 9.17) is 0 Å². The molecule has 0 radical (unpaired) electrons. The van der Waals surface area contributed by atoms with Crippen molar-refractivity contribution in [3.63, 3.8) is 0 Å². The first-order valence-electron chi connectivity index (χ1n) is 5.52. The zero-order chi connectivity index (χ0) is 11.5. The molecule has 0 spiro atoms. The quantitative estimate of drug-likeness (QED) is 0.859. The topological polar surface area (TPSA) is 37.8 Å². The average molecular weight is 227 g/mol. The van der Waals surface area contributed by atoms with Crippen LogP contribution in [0, 0.1) is 0 Å². The Morgan fingerprint density at radius 3 is 2.47 bits per heavy atom. The number of nitrogens with zero attached hydrogens (tertiary/aromatic N) is 2. The van der Waals surface area contributed by atoms with Crippen molar-refractivity contribution in [1.82, 2.24) is 15.5 Å². The normalized spacial score (nSPS) is 14.2. The monoisotopic (exact) mass is 227 g/mol. The predicted octanol–water partition coefficient (Wildman–Crippen LogP) is 2.90. The number of rotatable bonds is 4. The van der Waals surface area contributed by atoms with Crippen LogP contribution in [0.2, 0.25) is 0 Å². The lowest BCUT2D eigenvalue weighted by atomic mass is 9.98. The van der Waals surface area contributed by atoms with E-state index in [9.17, 15) is 0 Å². The van der Waals surface area contributed by atoms with Gasteiger partial charge in [-0.05, 0) is 19.9 Å². The standard InChI is InChI=1S/C11H21N3S/c1-6-7-12-8(2)9-13-14-10(15-9)11(3,4)5/h8,12H,6-7H2,1-5H3. The summed E-state index contributed by atoms with van der Waals surface area (Å²) in [4.78, 5) is 0. The van der Waals surface area contributed by atoms with Crippen LogP contribution >= 0.6 is 11.3 Å². The highest BCUT2D eigenvalue weighted by molar-refractivity contribution is 7.11. The van der Waals surface area contributed by atoms with Crippen LogP contribution in [0.5, 0.6) is 0 Å². The fourth-order valence-electron chi connectivity index (χ4n) is 1.16. The van der Waals surface area contributed by atoms with Gasteiger partial charge in [0.05, 0.1) is 6.04 Å². The number of hydrogen-bond acceptors (Lipinski definition) is 4. The van der Waals surface area contributed by atoms with Crippen molar-refractivity contribution in [3.05, 3.63) is 10.0 Å². The van der Waals surface area contributed by atoms with Crippen molar-refractivity contribution in [2.75, 3.05) is 6.54 Å². The molecule has 1 N–H and O–H groups in total. The Hall–Kier alpha value is -0.480. The number of hydrogen-bond donors (Lipinski definition) is 1. The van der Waals surface area contributed by atoms with Gasteiger partial charge in [-0.2, -0.15) is 0 Å². The highest BCUT2D eigenvalue weighted by Crippen LogP contribution is 2.27. The summed E-state index contributed by atoms with van der Waals surface area (Å²) in [5.41, 5.74) is 0.112. The van der Waals surface area contributed by atoms with Gasteiger partial charge in [-0.25, -0.2) is 0 Å². The summed E-state index contributed by atoms with van der Waals surface area (Å²) < 4.78 is 0. The molecule has 0 saturated carbocycles. The summed E-state index contributed by atoms with van der Waals surface area (Å²) in [6.07, 6.45) is 1.15. The summed E-state index contributed by atoms with van der Waals surface area (Å²) in [6, 6.07) is 0.318. The summed E-state index contributed by atoms with van der Waals surface area (Å²) >= 11 is 1.71. The summed E-state index contributed by atoms with van der Waals surface area (Å²) in [5.74, 6) is 0. The minimum atomic E-state index is 0.112. The lowest BCUT2D eigenvalue weighted by Crippen LogP contribution is -2.19. The Labute approximate surface area is 96.3 Å². The third-order valence-corrected chi connectivity index (χ3v) is 3.68. The predicted molar refractivity (Wildman–Crippen MR) is 65.3 cm³/mol. The molecule has 0 amide bonds. The van der Waals surface area contributed by atoms with Crippen molar-refractivity contribution in [2.24, 2.45) is 0 Å². The molecule has 1 rings (SSSR count). The largest absolute Gasteiger partial charge is 0.308 e. The molecule has 0 aliphatic rings. The molecule has 4 heteroatoms. The van der Waals surface area contributed by atoms with E-state index in [-0.39, 0.29) is 5.41 Å². The van der Waals surface area contributed by atoms with Crippen molar-refractivity contribution < 1.29 is 0 Å². The van der Waals surface area contributed by atoms with Crippen LogP contribution in [0.25, 0.3) is 0 Å². The smallest absolute Gasteiger partial charge is 0.134 e. The van der Waals surface area contributed by atoms with Crippen LogP contribution in [-0.4, -0.2) is 16.7 Å². The van der Waals surface area contributed by atoms with E-state index in [1.807, 2.05) is 0 Å². The third-order valence-electron chi connectivity index (χ3n) is 2.15. The summed E-state index contributed by atoms with van der Waals surface area (Å²) in [7, 11) is 0. The second-order valence-electron chi connectivity index (χ2n) is 4.87. The molecule has 0 fully saturated rings. The molecule has 1 atom stereocenters. The van der Waals surface area contributed by atoms with Crippen LogP contribution in [0.15, 0.2) is 0 Å². The third kappa shape index (κ3) is 3.54. The summed E-state index contributed by atoms with van der Waals surface area (Å²) in [5, 5.41) is 14.1. The van der Waals surface area contributed by atoms with Gasteiger partial charge in [0.25, 0.3) is 0 Å². The van der Waals surface area contributed by atoms with E-state index in [0.717, 1.165) is 23.0 Å². The van der Waals surface area contributed by atoms with E-state index in [1.165, 1.54) is 0 Å². The van der Waals surface area contributed by atoms with E-state index < -0.39 is 0 Å². The Morgan fingerprint density at radius 2 is 2.00 bits per heavy atom. The van der Waals surface area contributed by atoms with Crippen LogP contribution in [-0.2, 0) is 5.41 Å². The molecule has 1 aromatic rings. The first-order valence-corrected chi connectivity index (χ1v) is 6.34. The molecule has 15 heavy (non-hydrogen) atoms. The Morgan fingerprint density at radius 1 is 1.33 bits per heavy atom. The van der Waals surface area contributed by atoms with Gasteiger partial charge in [-0.3, -0.25) is 0 Å². The Kier molecular flexibility index (Phi) is 4.22. The van der Waals surface area contributed by atoms with Gasteiger partial charge in [0.15, 0.2) is 0 Å². The first-order chi connectivity index (χ1) is 6.95. The van der Waals surface area contributed by atoms with Crippen LogP contribution in [0.3, 0.4) is 0 Å². The second kappa shape index (κ2) is 5.03. The maximum atomic E-state index is 4.25. The molecule has 0 aromatic carbocycles. The van der Waals surface area contributed by atoms with E-state index in [1.54, 1.807) is 11.3 Å². The molecule has 0 aliphatic carbocycles. The van der Waals surface area contributed by atoms with Crippen molar-refractivity contribution in [1.29, 1.82) is 0 Å². The van der Waals surface area contributed by atoms with Gasteiger partial charge in [0.1, 0.15) is 10.0 Å². The van der Waals surface area contributed by atoms with Gasteiger partial charge in [-0.1, -0.05) is 39.0 Å². The zero-order valence-electron chi connectivity index (χ0n) is 10.3. The van der Waals surface area contributed by atoms with Gasteiger partial charge in [-0.15, -0.1) is 10.2 Å². The van der Waals surface area contributed by atoms with Gasteiger partial charge in [0.2, 0.25) is 0 Å². The number of aromatic nitrogens is 2. The first kappa shape index (κ1) is 12.6. The highest BCUT2D eigenvalue weighted by Gasteiger charge is 2.20. The van der Waals surface area contributed by atoms with Crippen LogP contribution < -0.4 is 5.32 Å². The van der Waals surface area contributed by atoms with Gasteiger partial charge >= 0.3 is 0 Å². The summed E-state index contributed by atoms with van der Waals surface area (Å²) in [6.45, 7) is 11.8. The SMILES string of the molecule is CCCNC(C)c1nnc(C(C)(C)C)s1. The Bertz CT molecular complexity index is 301. The minimum absolute atomic E-state index is 0.112. The fourth-order valence-corrected chi connectivity index (χ4v) is 2.09. The lowest BCUT2D eigenvalue weighted by Gasteiger charge is -2.13. The van der Waals surface area contributed by atoms with E-state index >= 15 is 0 Å². The molecule has 1 aromatic heterocycles. The molecule has 0 bridgehead atoms. The Balaban J connectivity index is 2.67. The highest BCUT2D eigenvalue weighted by atomic mass is 32.1. The lowest BCUT2D eigenvalue weighted by molar-refractivity contribution is 0.558. The molecule has 0 saturated heterocycles. The molecule has 0 aliphatic heterocycles. The molecule has 86 valence electrons. The molecule has 3 nitrogen and oxygen atoms in total. The zero-order valence-corrected chi connectivity index (χ0v) is 11.1. The number of nitrogens with one attached hydrogen (secondary N) is 1. The van der Waals surface area contributed by atoms with Crippen LogP contribution in [0.1, 0.15) is 57.1 Å². The molecular formula is C11H21N3S. The fraction of sp³-hybridized carbons (Fsp3) is 0.818. The maximum Gasteiger partial charge on any atom is 0.134 e. The van der Waals surface area contributed by atoms with Crippen molar-refractivity contribution in [2.45, 2.75) is 52.5 Å². The molecule has 1 heterocycles. The average Bonchev–Trinajstić information content (AvgIpc) is 2.62. The van der Waals surface area contributed by atoms with E-state index in [0.29, 0.717) is 6.04 Å². The van der Waals surface area contributed by atoms with E-state index in [2.05, 4.69) is 50.1 Å². The minimum Gasteiger partial charge on any atom is -0.308 e.